The summed E-state index contributed by atoms with van der Waals surface area (Å²) in [6.45, 7) is 3.80. The first-order valence-electron chi connectivity index (χ1n) is 9.34. The Morgan fingerprint density at radius 2 is 1.70 bits per heavy atom. The lowest BCUT2D eigenvalue weighted by atomic mass is 9.94. The molecule has 3 N–H and O–H groups in total. The van der Waals surface area contributed by atoms with Gasteiger partial charge in [0, 0.05) is 11.4 Å². The molecule has 0 fully saturated rings. The normalized spacial score (nSPS) is 15.8. The van der Waals surface area contributed by atoms with Crippen LogP contribution in [0.4, 0.5) is 5.69 Å². The first kappa shape index (κ1) is 21.4. The van der Waals surface area contributed by atoms with Crippen molar-refractivity contribution in [1.29, 1.82) is 0 Å². The van der Waals surface area contributed by atoms with Crippen LogP contribution >= 0.6 is 12.2 Å². The number of hydrogen-bond donors (Lipinski definition) is 3. The van der Waals surface area contributed by atoms with Crippen molar-refractivity contribution in [2.24, 2.45) is 0 Å². The van der Waals surface area contributed by atoms with Gasteiger partial charge in [-0.3, -0.25) is 4.79 Å². The lowest BCUT2D eigenvalue weighted by Crippen LogP contribution is -2.45. The molecule has 1 aliphatic heterocycles. The van der Waals surface area contributed by atoms with E-state index >= 15 is 0 Å². The van der Waals surface area contributed by atoms with E-state index in [0.717, 1.165) is 16.8 Å². The van der Waals surface area contributed by atoms with Crippen molar-refractivity contribution >= 4 is 28.9 Å². The van der Waals surface area contributed by atoms with Crippen LogP contribution in [0.3, 0.4) is 0 Å². The number of carbonyl (C=O) groups excluding carboxylic acids is 1. The van der Waals surface area contributed by atoms with Gasteiger partial charge in [-0.15, -0.1) is 0 Å². The van der Waals surface area contributed by atoms with Crippen LogP contribution in [0.1, 0.15) is 24.1 Å². The topological polar surface area (TPSA) is 80.9 Å². The van der Waals surface area contributed by atoms with Gasteiger partial charge in [0.25, 0.3) is 5.91 Å². The average Bonchev–Trinajstić information content (AvgIpc) is 2.71. The average molecular weight is 428 g/mol. The maximum Gasteiger partial charge on any atom is 0.255 e. The molecular formula is C22H25N3O4S. The highest BCUT2D eigenvalue weighted by Crippen LogP contribution is 2.41. The van der Waals surface area contributed by atoms with Gasteiger partial charge in [0.1, 0.15) is 0 Å². The molecule has 0 saturated carbocycles. The van der Waals surface area contributed by atoms with Crippen LogP contribution in [0.15, 0.2) is 47.7 Å². The summed E-state index contributed by atoms with van der Waals surface area (Å²) in [4.78, 5) is 13.2. The summed E-state index contributed by atoms with van der Waals surface area (Å²) in [6, 6.07) is 10.7. The third-order valence-corrected chi connectivity index (χ3v) is 5.03. The molecule has 2 aromatic rings. The number of aryl methyl sites for hydroxylation is 1. The fraction of sp³-hybridized carbons (Fsp3) is 0.273. The maximum absolute atomic E-state index is 13.2. The van der Waals surface area contributed by atoms with Crippen molar-refractivity contribution in [3.05, 3.63) is 58.8 Å². The van der Waals surface area contributed by atoms with Crippen LogP contribution < -0.4 is 30.2 Å². The van der Waals surface area contributed by atoms with Crippen LogP contribution in [0.25, 0.3) is 0 Å². The molecule has 0 spiro atoms. The fourth-order valence-corrected chi connectivity index (χ4v) is 3.71. The summed E-state index contributed by atoms with van der Waals surface area (Å²) >= 11 is 5.34. The minimum absolute atomic E-state index is 0.237. The monoisotopic (exact) mass is 427 g/mol. The number of rotatable bonds is 6. The summed E-state index contributed by atoms with van der Waals surface area (Å²) in [7, 11) is 4.64. The largest absolute Gasteiger partial charge is 0.493 e. The van der Waals surface area contributed by atoms with Crippen LogP contribution in [0.2, 0.25) is 0 Å². The molecule has 1 aliphatic rings. The number of nitrogens with one attached hydrogen (secondary N) is 3. The van der Waals surface area contributed by atoms with Gasteiger partial charge in [0.15, 0.2) is 16.6 Å². The standard InChI is InChI=1S/C22H25N3O4S/c1-12-7-6-8-15(9-12)24-21(26)18-13(2)23-22(30)25-19(18)14-10-16(27-3)20(29-5)17(11-14)28-4/h6-11,19H,1-5H3,(H,24,26)(H2,23,25,30). The van der Waals surface area contributed by atoms with Crippen LogP contribution in [0, 0.1) is 6.92 Å². The predicted octanol–water partition coefficient (Wildman–Crippen LogP) is 3.45. The number of ether oxygens (including phenoxy) is 3. The molecular weight excluding hydrogens is 402 g/mol. The van der Waals surface area contributed by atoms with Crippen molar-refractivity contribution in [1.82, 2.24) is 10.6 Å². The Labute approximate surface area is 181 Å². The molecule has 0 bridgehead atoms. The number of amides is 1. The van der Waals surface area contributed by atoms with E-state index < -0.39 is 6.04 Å². The third kappa shape index (κ3) is 4.33. The molecule has 0 aliphatic carbocycles. The first-order valence-corrected chi connectivity index (χ1v) is 9.75. The molecule has 0 radical (unpaired) electrons. The SMILES string of the molecule is COc1cc(C2NC(=S)NC(C)=C2C(=O)Nc2cccc(C)c2)cc(OC)c1OC. The number of methoxy groups -OCH3 is 3. The number of carbonyl (C=O) groups is 1. The van der Waals surface area contributed by atoms with E-state index in [1.807, 2.05) is 38.1 Å². The van der Waals surface area contributed by atoms with Crippen LogP contribution in [-0.4, -0.2) is 32.3 Å². The summed E-state index contributed by atoms with van der Waals surface area (Å²) in [5.41, 5.74) is 3.71. The van der Waals surface area contributed by atoms with Crippen LogP contribution in [0.5, 0.6) is 17.2 Å². The lowest BCUT2D eigenvalue weighted by molar-refractivity contribution is -0.113. The Hall–Kier alpha value is -3.26. The van der Waals surface area contributed by atoms with E-state index in [4.69, 9.17) is 26.4 Å². The van der Waals surface area contributed by atoms with Gasteiger partial charge in [-0.1, -0.05) is 12.1 Å². The highest BCUT2D eigenvalue weighted by Gasteiger charge is 2.31. The third-order valence-electron chi connectivity index (χ3n) is 4.81. The molecule has 7 nitrogen and oxygen atoms in total. The Morgan fingerprint density at radius 1 is 1.03 bits per heavy atom. The van der Waals surface area contributed by atoms with Crippen molar-refractivity contribution in [3.63, 3.8) is 0 Å². The second-order valence-electron chi connectivity index (χ2n) is 6.85. The highest BCUT2D eigenvalue weighted by molar-refractivity contribution is 7.80. The van der Waals surface area contributed by atoms with Gasteiger partial charge < -0.3 is 30.2 Å². The van der Waals surface area contributed by atoms with E-state index in [9.17, 15) is 4.79 Å². The zero-order chi connectivity index (χ0) is 21.8. The lowest BCUT2D eigenvalue weighted by Gasteiger charge is -2.31. The van der Waals surface area contributed by atoms with Crippen molar-refractivity contribution in [2.45, 2.75) is 19.9 Å². The van der Waals surface area contributed by atoms with Gasteiger partial charge >= 0.3 is 0 Å². The zero-order valence-corrected chi connectivity index (χ0v) is 18.4. The summed E-state index contributed by atoms with van der Waals surface area (Å²) in [5.74, 6) is 1.23. The molecule has 1 heterocycles. The van der Waals surface area contributed by atoms with E-state index in [2.05, 4.69) is 16.0 Å². The van der Waals surface area contributed by atoms with E-state index in [-0.39, 0.29) is 5.91 Å². The number of benzene rings is 2. The minimum atomic E-state index is -0.503. The maximum atomic E-state index is 13.2. The Balaban J connectivity index is 2.04. The molecule has 158 valence electrons. The quantitative estimate of drug-likeness (QED) is 0.609. The molecule has 1 atom stereocenters. The second kappa shape index (κ2) is 9.04. The minimum Gasteiger partial charge on any atom is -0.493 e. The van der Waals surface area contributed by atoms with Gasteiger partial charge in [0.05, 0.1) is 32.9 Å². The second-order valence-corrected chi connectivity index (χ2v) is 7.26. The Kier molecular flexibility index (Phi) is 6.47. The van der Waals surface area contributed by atoms with Gasteiger partial charge in [-0.25, -0.2) is 0 Å². The van der Waals surface area contributed by atoms with Gasteiger partial charge in [-0.2, -0.15) is 0 Å². The van der Waals surface area contributed by atoms with Crippen molar-refractivity contribution < 1.29 is 19.0 Å². The number of allylic oxidation sites excluding steroid dienone is 1. The molecule has 3 rings (SSSR count). The number of thiocarbonyl (C=S) groups is 1. The van der Waals surface area contributed by atoms with E-state index in [0.29, 0.717) is 33.6 Å². The molecule has 1 amide bonds. The van der Waals surface area contributed by atoms with Gasteiger partial charge in [-0.05, 0) is 61.5 Å². The molecule has 30 heavy (non-hydrogen) atoms. The molecule has 8 heteroatoms. The summed E-state index contributed by atoms with van der Waals surface area (Å²) in [6.07, 6.45) is 0. The Morgan fingerprint density at radius 3 is 2.27 bits per heavy atom. The zero-order valence-electron chi connectivity index (χ0n) is 17.6. The van der Waals surface area contributed by atoms with E-state index in [1.165, 1.54) is 0 Å². The Bertz CT molecular complexity index is 994. The van der Waals surface area contributed by atoms with E-state index in [1.54, 1.807) is 33.5 Å². The molecule has 0 saturated heterocycles. The fourth-order valence-electron chi connectivity index (χ4n) is 3.43. The number of anilines is 1. The molecule has 1 unspecified atom stereocenters. The van der Waals surface area contributed by atoms with Crippen molar-refractivity contribution in [3.8, 4) is 17.2 Å². The van der Waals surface area contributed by atoms with Gasteiger partial charge in [0.2, 0.25) is 5.75 Å². The summed E-state index contributed by atoms with van der Waals surface area (Å²) < 4.78 is 16.3. The summed E-state index contributed by atoms with van der Waals surface area (Å²) in [5, 5.41) is 9.62. The highest BCUT2D eigenvalue weighted by atomic mass is 32.1. The predicted molar refractivity (Wildman–Crippen MR) is 120 cm³/mol. The molecule has 0 aromatic heterocycles. The smallest absolute Gasteiger partial charge is 0.255 e. The number of hydrogen-bond acceptors (Lipinski definition) is 5. The van der Waals surface area contributed by atoms with Crippen molar-refractivity contribution in [2.75, 3.05) is 26.6 Å². The first-order chi connectivity index (χ1) is 14.4. The molecule has 2 aromatic carbocycles. The van der Waals surface area contributed by atoms with Crippen LogP contribution in [-0.2, 0) is 4.79 Å².